The second-order valence-electron chi connectivity index (χ2n) is 5.00. The van der Waals surface area contributed by atoms with E-state index in [0.29, 0.717) is 36.0 Å². The van der Waals surface area contributed by atoms with Crippen molar-refractivity contribution in [2.75, 3.05) is 36.5 Å². The number of nitriles is 1. The van der Waals surface area contributed by atoms with Gasteiger partial charge in [-0.15, -0.1) is 0 Å². The average molecular weight is 309 g/mol. The quantitative estimate of drug-likeness (QED) is 0.922. The molecule has 2 heterocycles. The molecule has 0 aliphatic carbocycles. The van der Waals surface area contributed by atoms with Crippen LogP contribution >= 0.6 is 0 Å². The van der Waals surface area contributed by atoms with Crippen molar-refractivity contribution in [3.05, 3.63) is 47.9 Å². The van der Waals surface area contributed by atoms with E-state index in [4.69, 9.17) is 10.00 Å². The maximum Gasteiger partial charge on any atom is 0.274 e. The van der Waals surface area contributed by atoms with Crippen molar-refractivity contribution in [1.29, 1.82) is 5.26 Å². The van der Waals surface area contributed by atoms with Gasteiger partial charge in [0.25, 0.3) is 5.91 Å². The van der Waals surface area contributed by atoms with Crippen LogP contribution in [-0.2, 0) is 4.74 Å². The lowest BCUT2D eigenvalue weighted by molar-refractivity contribution is 0.102. The Balaban J connectivity index is 1.72. The Morgan fingerprint density at radius 3 is 2.65 bits per heavy atom. The van der Waals surface area contributed by atoms with Crippen LogP contribution in [0.3, 0.4) is 0 Å². The van der Waals surface area contributed by atoms with Gasteiger partial charge in [0.05, 0.1) is 24.8 Å². The highest BCUT2D eigenvalue weighted by Crippen LogP contribution is 2.15. The standard InChI is InChI=1S/C16H15N5O2/c17-10-12-1-3-13(4-2-12)20-16(22)14-9-15(19-11-18-14)21-5-7-23-8-6-21/h1-4,9,11H,5-8H2,(H,20,22). The van der Waals surface area contributed by atoms with Gasteiger partial charge in [0.2, 0.25) is 0 Å². The van der Waals surface area contributed by atoms with E-state index in [9.17, 15) is 4.79 Å². The summed E-state index contributed by atoms with van der Waals surface area (Å²) in [5.41, 5.74) is 1.45. The van der Waals surface area contributed by atoms with E-state index in [1.165, 1.54) is 6.33 Å². The van der Waals surface area contributed by atoms with Crippen LogP contribution in [0.1, 0.15) is 16.1 Å². The number of nitrogens with zero attached hydrogens (tertiary/aromatic N) is 4. The third-order valence-electron chi connectivity index (χ3n) is 3.49. The van der Waals surface area contributed by atoms with Crippen molar-refractivity contribution in [1.82, 2.24) is 9.97 Å². The maximum absolute atomic E-state index is 12.3. The topological polar surface area (TPSA) is 91.1 Å². The number of rotatable bonds is 3. The predicted octanol–water partition coefficient (Wildman–Crippen LogP) is 1.44. The molecule has 0 atom stereocenters. The van der Waals surface area contributed by atoms with E-state index in [1.807, 2.05) is 6.07 Å². The molecule has 0 bridgehead atoms. The van der Waals surface area contributed by atoms with Crippen molar-refractivity contribution in [3.8, 4) is 6.07 Å². The van der Waals surface area contributed by atoms with Gasteiger partial charge in [0.1, 0.15) is 17.8 Å². The summed E-state index contributed by atoms with van der Waals surface area (Å²) in [5.74, 6) is 0.403. The largest absolute Gasteiger partial charge is 0.378 e. The Labute approximate surface area is 133 Å². The molecule has 0 unspecified atom stereocenters. The Bertz CT molecular complexity index is 733. The average Bonchev–Trinajstić information content (AvgIpc) is 2.63. The molecule has 2 aromatic rings. The van der Waals surface area contributed by atoms with Gasteiger partial charge in [0.15, 0.2) is 0 Å². The summed E-state index contributed by atoms with van der Waals surface area (Å²) in [4.78, 5) is 22.6. The summed E-state index contributed by atoms with van der Waals surface area (Å²) in [5, 5.41) is 11.5. The van der Waals surface area contributed by atoms with Gasteiger partial charge in [-0.25, -0.2) is 9.97 Å². The highest BCUT2D eigenvalue weighted by molar-refractivity contribution is 6.03. The smallest absolute Gasteiger partial charge is 0.274 e. The lowest BCUT2D eigenvalue weighted by Crippen LogP contribution is -2.37. The van der Waals surface area contributed by atoms with Crippen LogP contribution in [-0.4, -0.2) is 42.2 Å². The minimum atomic E-state index is -0.313. The van der Waals surface area contributed by atoms with E-state index in [1.54, 1.807) is 30.3 Å². The normalized spacial score (nSPS) is 14.1. The van der Waals surface area contributed by atoms with Gasteiger partial charge in [-0.3, -0.25) is 4.79 Å². The molecule has 1 aromatic heterocycles. The van der Waals surface area contributed by atoms with Crippen molar-refractivity contribution in [2.45, 2.75) is 0 Å². The van der Waals surface area contributed by atoms with E-state index in [2.05, 4.69) is 20.2 Å². The van der Waals surface area contributed by atoms with Crippen molar-refractivity contribution in [3.63, 3.8) is 0 Å². The molecular formula is C16H15N5O2. The zero-order valence-corrected chi connectivity index (χ0v) is 12.4. The molecule has 1 aliphatic rings. The van der Waals surface area contributed by atoms with Crippen molar-refractivity contribution >= 4 is 17.4 Å². The monoisotopic (exact) mass is 309 g/mol. The molecule has 7 nitrogen and oxygen atoms in total. The number of hydrogen-bond donors (Lipinski definition) is 1. The minimum Gasteiger partial charge on any atom is -0.378 e. The number of benzene rings is 1. The van der Waals surface area contributed by atoms with Gasteiger partial charge in [0, 0.05) is 24.8 Å². The van der Waals surface area contributed by atoms with Crippen LogP contribution in [0, 0.1) is 11.3 Å². The van der Waals surface area contributed by atoms with E-state index < -0.39 is 0 Å². The van der Waals surface area contributed by atoms with E-state index in [-0.39, 0.29) is 5.91 Å². The lowest BCUT2D eigenvalue weighted by Gasteiger charge is -2.27. The Morgan fingerprint density at radius 1 is 1.22 bits per heavy atom. The van der Waals surface area contributed by atoms with Crippen molar-refractivity contribution in [2.24, 2.45) is 0 Å². The first-order valence-electron chi connectivity index (χ1n) is 7.22. The maximum atomic E-state index is 12.3. The Morgan fingerprint density at radius 2 is 1.96 bits per heavy atom. The summed E-state index contributed by atoms with van der Waals surface area (Å²) in [7, 11) is 0. The number of carbonyl (C=O) groups is 1. The van der Waals surface area contributed by atoms with Crippen LogP contribution in [0.5, 0.6) is 0 Å². The molecule has 1 aliphatic heterocycles. The summed E-state index contributed by atoms with van der Waals surface area (Å²) in [6.45, 7) is 2.79. The summed E-state index contributed by atoms with van der Waals surface area (Å²) < 4.78 is 5.31. The number of carbonyl (C=O) groups excluding carboxylic acids is 1. The zero-order chi connectivity index (χ0) is 16.1. The van der Waals surface area contributed by atoms with E-state index in [0.717, 1.165) is 13.1 Å². The fourth-order valence-corrected chi connectivity index (χ4v) is 2.26. The van der Waals surface area contributed by atoms with Crippen LogP contribution in [0.2, 0.25) is 0 Å². The fraction of sp³-hybridized carbons (Fsp3) is 0.250. The zero-order valence-electron chi connectivity index (χ0n) is 12.4. The summed E-state index contributed by atoms with van der Waals surface area (Å²) in [6, 6.07) is 10.4. The van der Waals surface area contributed by atoms with Gasteiger partial charge >= 0.3 is 0 Å². The third kappa shape index (κ3) is 3.62. The van der Waals surface area contributed by atoms with E-state index >= 15 is 0 Å². The second kappa shape index (κ2) is 6.85. The number of morpholine rings is 1. The van der Waals surface area contributed by atoms with Gasteiger partial charge < -0.3 is 15.0 Å². The summed E-state index contributed by atoms with van der Waals surface area (Å²) in [6.07, 6.45) is 1.39. The molecule has 1 saturated heterocycles. The number of aromatic nitrogens is 2. The molecule has 7 heteroatoms. The molecule has 116 valence electrons. The number of hydrogen-bond acceptors (Lipinski definition) is 6. The molecule has 0 radical (unpaired) electrons. The van der Waals surface area contributed by atoms with Crippen LogP contribution in [0.4, 0.5) is 11.5 Å². The second-order valence-corrected chi connectivity index (χ2v) is 5.00. The van der Waals surface area contributed by atoms with Gasteiger partial charge in [-0.1, -0.05) is 0 Å². The fourth-order valence-electron chi connectivity index (χ4n) is 2.26. The molecule has 3 rings (SSSR count). The highest BCUT2D eigenvalue weighted by Gasteiger charge is 2.15. The molecule has 0 saturated carbocycles. The SMILES string of the molecule is N#Cc1ccc(NC(=O)c2cc(N3CCOCC3)ncn2)cc1. The molecule has 1 fully saturated rings. The predicted molar refractivity (Wildman–Crippen MR) is 84.2 cm³/mol. The van der Waals surface area contributed by atoms with Crippen LogP contribution in [0.25, 0.3) is 0 Å². The number of anilines is 2. The van der Waals surface area contributed by atoms with Gasteiger partial charge in [-0.2, -0.15) is 5.26 Å². The first-order chi connectivity index (χ1) is 11.3. The van der Waals surface area contributed by atoms with Crippen LogP contribution in [0.15, 0.2) is 36.7 Å². The van der Waals surface area contributed by atoms with Gasteiger partial charge in [-0.05, 0) is 24.3 Å². The highest BCUT2D eigenvalue weighted by atomic mass is 16.5. The van der Waals surface area contributed by atoms with Crippen molar-refractivity contribution < 1.29 is 9.53 Å². The Hall–Kier alpha value is -2.98. The first-order valence-corrected chi connectivity index (χ1v) is 7.22. The first kappa shape index (κ1) is 14.9. The van der Waals surface area contributed by atoms with Crippen LogP contribution < -0.4 is 10.2 Å². The number of amides is 1. The minimum absolute atomic E-state index is 0.297. The number of ether oxygens (including phenoxy) is 1. The number of nitrogens with one attached hydrogen (secondary N) is 1. The Kier molecular flexibility index (Phi) is 4.45. The summed E-state index contributed by atoms with van der Waals surface area (Å²) >= 11 is 0. The molecule has 1 N–H and O–H groups in total. The molecule has 1 aromatic carbocycles. The molecular weight excluding hydrogens is 294 g/mol. The third-order valence-corrected chi connectivity index (χ3v) is 3.49. The molecule has 23 heavy (non-hydrogen) atoms. The molecule has 1 amide bonds. The lowest BCUT2D eigenvalue weighted by atomic mass is 10.2. The molecule has 0 spiro atoms.